The Hall–Kier alpha value is -1.95. The van der Waals surface area contributed by atoms with Gasteiger partial charge in [0.2, 0.25) is 0 Å². The molecule has 2 saturated heterocycles. The maximum atomic E-state index is 13.8. The largest absolute Gasteiger partial charge is 0.325 e. The predicted molar refractivity (Wildman–Crippen MR) is 107 cm³/mol. The Bertz CT molecular complexity index is 715. The van der Waals surface area contributed by atoms with Crippen molar-refractivity contribution in [2.45, 2.75) is 52.0 Å². The second-order valence-corrected chi connectivity index (χ2v) is 8.63. The highest BCUT2D eigenvalue weighted by Gasteiger charge is 2.55. The van der Waals surface area contributed by atoms with E-state index in [-0.39, 0.29) is 29.6 Å². The highest BCUT2D eigenvalue weighted by Crippen LogP contribution is 2.37. The van der Waals surface area contributed by atoms with E-state index in [9.17, 15) is 14.0 Å². The first kappa shape index (κ1) is 20.8. The number of piperidine rings is 1. The van der Waals surface area contributed by atoms with E-state index in [0.29, 0.717) is 13.0 Å². The number of likely N-dealkylation sites (tertiary alicyclic amines) is 1. The van der Waals surface area contributed by atoms with Crippen LogP contribution in [0.1, 0.15) is 45.6 Å². The molecule has 3 rings (SSSR count). The molecule has 2 aliphatic heterocycles. The fourth-order valence-corrected chi connectivity index (χ4v) is 4.65. The van der Waals surface area contributed by atoms with Crippen LogP contribution < -0.4 is 5.32 Å². The molecular weight excluding hydrogens is 357 g/mol. The summed E-state index contributed by atoms with van der Waals surface area (Å²) in [7, 11) is 0. The Labute approximate surface area is 167 Å². The van der Waals surface area contributed by atoms with E-state index >= 15 is 0 Å². The lowest BCUT2D eigenvalue weighted by Crippen LogP contribution is -2.57. The molecule has 0 bridgehead atoms. The van der Waals surface area contributed by atoms with Crippen molar-refractivity contribution >= 4 is 11.9 Å². The summed E-state index contributed by atoms with van der Waals surface area (Å²) < 4.78 is 13.8. The van der Waals surface area contributed by atoms with Crippen LogP contribution in [0.5, 0.6) is 0 Å². The van der Waals surface area contributed by atoms with Crippen molar-refractivity contribution < 1.29 is 14.0 Å². The Balaban J connectivity index is 1.89. The zero-order valence-corrected chi connectivity index (χ0v) is 17.2. The van der Waals surface area contributed by atoms with Crippen LogP contribution in [0.4, 0.5) is 9.18 Å². The molecule has 1 aromatic rings. The SMILES string of the molecule is CCCN1CCC(C2(Cc3cccc(F)c3)NC(=O)N(CC(C)C)C2=O)CC1. The van der Waals surface area contributed by atoms with Gasteiger partial charge in [-0.1, -0.05) is 32.9 Å². The van der Waals surface area contributed by atoms with E-state index < -0.39 is 5.54 Å². The molecule has 154 valence electrons. The van der Waals surface area contributed by atoms with Crippen LogP contribution >= 0.6 is 0 Å². The van der Waals surface area contributed by atoms with Gasteiger partial charge in [-0.2, -0.15) is 0 Å². The average molecular weight is 390 g/mol. The number of carbonyl (C=O) groups excluding carboxylic acids is 2. The second kappa shape index (κ2) is 8.60. The quantitative estimate of drug-likeness (QED) is 0.727. The molecule has 1 unspecified atom stereocenters. The molecule has 0 aromatic heterocycles. The summed E-state index contributed by atoms with van der Waals surface area (Å²) in [6.07, 6.45) is 3.16. The lowest BCUT2D eigenvalue weighted by Gasteiger charge is -2.41. The lowest BCUT2D eigenvalue weighted by atomic mass is 9.74. The van der Waals surface area contributed by atoms with E-state index in [1.165, 1.54) is 17.0 Å². The topological polar surface area (TPSA) is 52.7 Å². The van der Waals surface area contributed by atoms with Crippen molar-refractivity contribution in [1.29, 1.82) is 0 Å². The van der Waals surface area contributed by atoms with Crippen LogP contribution in [0.15, 0.2) is 24.3 Å². The van der Waals surface area contributed by atoms with Crippen molar-refractivity contribution in [2.24, 2.45) is 11.8 Å². The third kappa shape index (κ3) is 4.22. The van der Waals surface area contributed by atoms with Crippen LogP contribution in [-0.4, -0.2) is 53.5 Å². The maximum Gasteiger partial charge on any atom is 0.325 e. The Morgan fingerprint density at radius 3 is 2.57 bits per heavy atom. The normalized spacial score (nSPS) is 24.2. The molecule has 6 heteroatoms. The number of nitrogens with one attached hydrogen (secondary N) is 1. The Morgan fingerprint density at radius 1 is 1.25 bits per heavy atom. The molecule has 1 aromatic carbocycles. The van der Waals surface area contributed by atoms with Crippen LogP contribution in [0.25, 0.3) is 0 Å². The molecule has 3 amide bonds. The first-order valence-electron chi connectivity index (χ1n) is 10.5. The minimum absolute atomic E-state index is 0.0532. The molecule has 2 aliphatic rings. The van der Waals surface area contributed by atoms with Gasteiger partial charge in [-0.25, -0.2) is 9.18 Å². The minimum Gasteiger partial charge on any atom is -0.322 e. The number of hydrogen-bond donors (Lipinski definition) is 1. The van der Waals surface area contributed by atoms with Crippen LogP contribution in [0.2, 0.25) is 0 Å². The van der Waals surface area contributed by atoms with Gasteiger partial charge in [0.15, 0.2) is 0 Å². The molecule has 2 fully saturated rings. The number of rotatable bonds is 7. The number of carbonyl (C=O) groups is 2. The number of benzene rings is 1. The minimum atomic E-state index is -0.974. The lowest BCUT2D eigenvalue weighted by molar-refractivity contribution is -0.134. The zero-order chi connectivity index (χ0) is 20.3. The van der Waals surface area contributed by atoms with Gasteiger partial charge in [-0.15, -0.1) is 0 Å². The fraction of sp³-hybridized carbons (Fsp3) is 0.636. The van der Waals surface area contributed by atoms with Gasteiger partial charge in [-0.3, -0.25) is 9.69 Å². The molecule has 0 spiro atoms. The van der Waals surface area contributed by atoms with Crippen molar-refractivity contribution in [3.8, 4) is 0 Å². The van der Waals surface area contributed by atoms with E-state index in [0.717, 1.165) is 44.5 Å². The van der Waals surface area contributed by atoms with Gasteiger partial charge in [0.05, 0.1) is 0 Å². The summed E-state index contributed by atoms with van der Waals surface area (Å²) in [5, 5.41) is 3.05. The van der Waals surface area contributed by atoms with Gasteiger partial charge in [0.1, 0.15) is 11.4 Å². The zero-order valence-electron chi connectivity index (χ0n) is 17.2. The summed E-state index contributed by atoms with van der Waals surface area (Å²) >= 11 is 0. The highest BCUT2D eigenvalue weighted by atomic mass is 19.1. The van der Waals surface area contributed by atoms with Crippen molar-refractivity contribution in [3.63, 3.8) is 0 Å². The third-order valence-electron chi connectivity index (χ3n) is 5.95. The molecule has 0 aliphatic carbocycles. The molecule has 5 nitrogen and oxygen atoms in total. The third-order valence-corrected chi connectivity index (χ3v) is 5.95. The first-order valence-corrected chi connectivity index (χ1v) is 10.5. The summed E-state index contributed by atoms with van der Waals surface area (Å²) in [5.41, 5.74) is -0.228. The molecule has 2 heterocycles. The van der Waals surface area contributed by atoms with E-state index in [1.54, 1.807) is 6.07 Å². The summed E-state index contributed by atoms with van der Waals surface area (Å²) in [6.45, 7) is 9.48. The van der Waals surface area contributed by atoms with Crippen molar-refractivity contribution in [2.75, 3.05) is 26.2 Å². The van der Waals surface area contributed by atoms with Crippen LogP contribution in [0, 0.1) is 17.7 Å². The van der Waals surface area contributed by atoms with Crippen LogP contribution in [-0.2, 0) is 11.2 Å². The standard InChI is InChI=1S/C22H32FN3O2/c1-4-10-25-11-8-18(9-12-25)22(14-17-6-5-7-19(23)13-17)20(27)26(15-16(2)3)21(28)24-22/h5-7,13,16,18H,4,8-12,14-15H2,1-3H3,(H,24,28). The highest BCUT2D eigenvalue weighted by molar-refractivity contribution is 6.07. The van der Waals surface area contributed by atoms with E-state index in [2.05, 4.69) is 17.1 Å². The van der Waals surface area contributed by atoms with Crippen molar-refractivity contribution in [1.82, 2.24) is 15.1 Å². The number of nitrogens with zero attached hydrogens (tertiary/aromatic N) is 2. The molecular formula is C22H32FN3O2. The van der Waals surface area contributed by atoms with E-state index in [1.807, 2.05) is 19.9 Å². The molecule has 1 N–H and O–H groups in total. The molecule has 28 heavy (non-hydrogen) atoms. The fourth-order valence-electron chi connectivity index (χ4n) is 4.65. The molecule has 0 radical (unpaired) electrons. The Kier molecular flexibility index (Phi) is 6.38. The average Bonchev–Trinajstić information content (AvgIpc) is 2.87. The molecule has 0 saturated carbocycles. The number of hydrogen-bond acceptors (Lipinski definition) is 3. The number of halogens is 1. The monoisotopic (exact) mass is 389 g/mol. The predicted octanol–water partition coefficient (Wildman–Crippen LogP) is 3.44. The van der Waals surface area contributed by atoms with Gasteiger partial charge < -0.3 is 10.2 Å². The van der Waals surface area contributed by atoms with Gasteiger partial charge in [0, 0.05) is 13.0 Å². The summed E-state index contributed by atoms with van der Waals surface area (Å²) in [5.74, 6) is -0.214. The second-order valence-electron chi connectivity index (χ2n) is 8.63. The van der Waals surface area contributed by atoms with Crippen molar-refractivity contribution in [3.05, 3.63) is 35.6 Å². The molecule has 1 atom stereocenters. The smallest absolute Gasteiger partial charge is 0.322 e. The number of imide groups is 1. The summed E-state index contributed by atoms with van der Waals surface area (Å²) in [4.78, 5) is 30.0. The summed E-state index contributed by atoms with van der Waals surface area (Å²) in [6, 6.07) is 6.06. The van der Waals surface area contributed by atoms with Crippen LogP contribution in [0.3, 0.4) is 0 Å². The van der Waals surface area contributed by atoms with Gasteiger partial charge in [0.25, 0.3) is 5.91 Å². The number of amides is 3. The maximum absolute atomic E-state index is 13.8. The van der Waals surface area contributed by atoms with Gasteiger partial charge >= 0.3 is 6.03 Å². The Morgan fingerprint density at radius 2 is 1.96 bits per heavy atom. The van der Waals surface area contributed by atoms with E-state index in [4.69, 9.17) is 0 Å². The number of urea groups is 1. The van der Waals surface area contributed by atoms with Gasteiger partial charge in [-0.05, 0) is 68.4 Å². The first-order chi connectivity index (χ1) is 13.4.